The molecule has 1 saturated heterocycles. The van der Waals surface area contributed by atoms with Crippen molar-refractivity contribution in [1.29, 1.82) is 0 Å². The van der Waals surface area contributed by atoms with Crippen molar-refractivity contribution in [3.8, 4) is 0 Å². The van der Waals surface area contributed by atoms with E-state index in [0.29, 0.717) is 12.3 Å². The first-order valence-corrected chi connectivity index (χ1v) is 7.56. The summed E-state index contributed by atoms with van der Waals surface area (Å²) in [5.74, 6) is -0.215. The second kappa shape index (κ2) is 6.61. The Morgan fingerprint density at radius 2 is 2.17 bits per heavy atom. The standard InChI is InChI=1S/C16H18N4O4/c1-19-6-2-4-11(19)9-17-14(21)8-13-15(22)20(16(23)18-13)10-12-5-3-7-24-12/h2-7,13H,8-10H2,1H3,(H,17,21)(H,18,23)/t13-/m1/s1. The van der Waals surface area contributed by atoms with Crippen LogP contribution in [0.25, 0.3) is 0 Å². The Labute approximate surface area is 138 Å². The lowest BCUT2D eigenvalue weighted by Gasteiger charge is -2.11. The van der Waals surface area contributed by atoms with E-state index in [1.54, 1.807) is 12.1 Å². The van der Waals surface area contributed by atoms with Crippen LogP contribution in [0.1, 0.15) is 17.9 Å². The molecule has 0 saturated carbocycles. The third-order valence-electron chi connectivity index (χ3n) is 3.91. The number of amides is 4. The van der Waals surface area contributed by atoms with Crippen molar-refractivity contribution in [1.82, 2.24) is 20.1 Å². The number of carbonyl (C=O) groups is 3. The second-order valence-electron chi connectivity index (χ2n) is 5.60. The molecule has 0 radical (unpaired) electrons. The van der Waals surface area contributed by atoms with Gasteiger partial charge in [0.2, 0.25) is 5.91 Å². The van der Waals surface area contributed by atoms with Gasteiger partial charge in [0, 0.05) is 18.9 Å². The van der Waals surface area contributed by atoms with Crippen LogP contribution in [0.3, 0.4) is 0 Å². The molecule has 3 heterocycles. The molecule has 126 valence electrons. The molecule has 0 unspecified atom stereocenters. The lowest BCUT2D eigenvalue weighted by Crippen LogP contribution is -2.36. The van der Waals surface area contributed by atoms with E-state index in [-0.39, 0.29) is 18.9 Å². The number of imide groups is 1. The number of nitrogens with zero attached hydrogens (tertiary/aromatic N) is 2. The molecule has 4 amide bonds. The number of urea groups is 1. The quantitative estimate of drug-likeness (QED) is 0.764. The van der Waals surface area contributed by atoms with E-state index in [1.807, 2.05) is 29.9 Å². The van der Waals surface area contributed by atoms with E-state index >= 15 is 0 Å². The molecule has 1 atom stereocenters. The highest BCUT2D eigenvalue weighted by molar-refractivity contribution is 6.05. The number of hydrogen-bond acceptors (Lipinski definition) is 4. The summed E-state index contributed by atoms with van der Waals surface area (Å²) in [5, 5.41) is 5.28. The zero-order chi connectivity index (χ0) is 17.1. The van der Waals surface area contributed by atoms with E-state index in [9.17, 15) is 14.4 Å². The summed E-state index contributed by atoms with van der Waals surface area (Å²) in [6.45, 7) is 0.423. The predicted molar refractivity (Wildman–Crippen MR) is 83.5 cm³/mol. The summed E-state index contributed by atoms with van der Waals surface area (Å²) in [6.07, 6.45) is 3.26. The van der Waals surface area contributed by atoms with Gasteiger partial charge in [-0.1, -0.05) is 0 Å². The van der Waals surface area contributed by atoms with Gasteiger partial charge in [-0.15, -0.1) is 0 Å². The smallest absolute Gasteiger partial charge is 0.325 e. The van der Waals surface area contributed by atoms with Crippen LogP contribution in [0, 0.1) is 0 Å². The van der Waals surface area contributed by atoms with E-state index in [0.717, 1.165) is 10.6 Å². The third kappa shape index (κ3) is 3.32. The highest BCUT2D eigenvalue weighted by Crippen LogP contribution is 2.14. The Morgan fingerprint density at radius 1 is 1.33 bits per heavy atom. The van der Waals surface area contributed by atoms with Gasteiger partial charge in [0.05, 0.1) is 25.8 Å². The minimum Gasteiger partial charge on any atom is -0.467 e. The molecule has 0 spiro atoms. The van der Waals surface area contributed by atoms with Gasteiger partial charge < -0.3 is 19.6 Å². The van der Waals surface area contributed by atoms with Crippen molar-refractivity contribution < 1.29 is 18.8 Å². The minimum atomic E-state index is -0.846. The summed E-state index contributed by atoms with van der Waals surface area (Å²) in [7, 11) is 1.88. The molecule has 0 bridgehead atoms. The molecular formula is C16H18N4O4. The maximum atomic E-state index is 12.3. The minimum absolute atomic E-state index is 0.0547. The molecular weight excluding hydrogens is 312 g/mol. The van der Waals surface area contributed by atoms with Crippen LogP contribution in [0.5, 0.6) is 0 Å². The molecule has 3 rings (SSSR count). The highest BCUT2D eigenvalue weighted by atomic mass is 16.3. The van der Waals surface area contributed by atoms with Crippen molar-refractivity contribution in [2.24, 2.45) is 7.05 Å². The zero-order valence-corrected chi connectivity index (χ0v) is 13.2. The number of aryl methyl sites for hydroxylation is 1. The molecule has 0 aromatic carbocycles. The largest absolute Gasteiger partial charge is 0.467 e. The molecule has 1 aliphatic rings. The molecule has 2 N–H and O–H groups in total. The molecule has 8 heteroatoms. The maximum absolute atomic E-state index is 12.3. The Hall–Kier alpha value is -3.03. The molecule has 1 fully saturated rings. The fourth-order valence-corrected chi connectivity index (χ4v) is 2.55. The van der Waals surface area contributed by atoms with Gasteiger partial charge >= 0.3 is 6.03 Å². The average Bonchev–Trinajstić information content (AvgIpc) is 3.25. The van der Waals surface area contributed by atoms with Crippen molar-refractivity contribution in [3.63, 3.8) is 0 Å². The van der Waals surface area contributed by atoms with Gasteiger partial charge in [-0.2, -0.15) is 0 Å². The van der Waals surface area contributed by atoms with E-state index < -0.39 is 18.0 Å². The number of hydrogen-bond donors (Lipinski definition) is 2. The fraction of sp³-hybridized carbons (Fsp3) is 0.312. The Bertz CT molecular complexity index is 750. The summed E-state index contributed by atoms with van der Waals surface area (Å²) >= 11 is 0. The lowest BCUT2D eigenvalue weighted by atomic mass is 10.2. The zero-order valence-electron chi connectivity index (χ0n) is 13.2. The topological polar surface area (TPSA) is 96.6 Å². The van der Waals surface area contributed by atoms with Crippen LogP contribution < -0.4 is 10.6 Å². The van der Waals surface area contributed by atoms with Gasteiger partial charge in [0.1, 0.15) is 11.8 Å². The summed E-state index contributed by atoms with van der Waals surface area (Å²) in [6, 6.07) is 5.78. The van der Waals surface area contributed by atoms with Crippen molar-refractivity contribution in [2.75, 3.05) is 0 Å². The van der Waals surface area contributed by atoms with Crippen LogP contribution in [-0.4, -0.2) is 33.4 Å². The van der Waals surface area contributed by atoms with Crippen LogP contribution >= 0.6 is 0 Å². The molecule has 1 aliphatic heterocycles. The fourth-order valence-electron chi connectivity index (χ4n) is 2.55. The number of nitrogens with one attached hydrogen (secondary N) is 2. The highest BCUT2D eigenvalue weighted by Gasteiger charge is 2.39. The van der Waals surface area contributed by atoms with Crippen molar-refractivity contribution in [2.45, 2.75) is 25.6 Å². The first-order valence-electron chi connectivity index (χ1n) is 7.56. The Balaban J connectivity index is 1.53. The second-order valence-corrected chi connectivity index (χ2v) is 5.60. The van der Waals surface area contributed by atoms with E-state index in [1.165, 1.54) is 6.26 Å². The van der Waals surface area contributed by atoms with Crippen molar-refractivity contribution >= 4 is 17.8 Å². The number of furan rings is 1. The SMILES string of the molecule is Cn1cccc1CNC(=O)C[C@H]1NC(=O)N(Cc2ccco2)C1=O. The van der Waals surface area contributed by atoms with Gasteiger partial charge in [0.15, 0.2) is 0 Å². The number of rotatable bonds is 6. The molecule has 8 nitrogen and oxygen atoms in total. The maximum Gasteiger partial charge on any atom is 0.325 e. The average molecular weight is 330 g/mol. The van der Waals surface area contributed by atoms with E-state index in [2.05, 4.69) is 10.6 Å². The van der Waals surface area contributed by atoms with Gasteiger partial charge in [-0.05, 0) is 24.3 Å². The van der Waals surface area contributed by atoms with Gasteiger partial charge in [-0.3, -0.25) is 14.5 Å². The Kier molecular flexibility index (Phi) is 4.37. The van der Waals surface area contributed by atoms with Crippen LogP contribution in [0.2, 0.25) is 0 Å². The first-order chi connectivity index (χ1) is 11.5. The van der Waals surface area contributed by atoms with Crippen LogP contribution in [-0.2, 0) is 29.7 Å². The van der Waals surface area contributed by atoms with E-state index in [4.69, 9.17) is 4.42 Å². The molecule has 2 aromatic rings. The summed E-state index contributed by atoms with van der Waals surface area (Å²) < 4.78 is 7.04. The predicted octanol–water partition coefficient (Wildman–Crippen LogP) is 0.745. The van der Waals surface area contributed by atoms with Crippen LogP contribution in [0.4, 0.5) is 4.79 Å². The molecule has 0 aliphatic carbocycles. The van der Waals surface area contributed by atoms with Crippen molar-refractivity contribution in [3.05, 3.63) is 48.2 Å². The number of carbonyl (C=O) groups excluding carboxylic acids is 3. The number of aromatic nitrogens is 1. The van der Waals surface area contributed by atoms with Gasteiger partial charge in [-0.25, -0.2) is 4.79 Å². The summed E-state index contributed by atoms with van der Waals surface area (Å²) in [4.78, 5) is 37.3. The third-order valence-corrected chi connectivity index (χ3v) is 3.91. The monoisotopic (exact) mass is 330 g/mol. The lowest BCUT2D eigenvalue weighted by molar-refractivity contribution is -0.131. The normalized spacial score (nSPS) is 17.2. The molecule has 24 heavy (non-hydrogen) atoms. The molecule has 2 aromatic heterocycles. The Morgan fingerprint density at radius 3 is 2.83 bits per heavy atom. The first kappa shape index (κ1) is 15.9. The summed E-state index contributed by atoms with van der Waals surface area (Å²) in [5.41, 5.74) is 0.949. The van der Waals surface area contributed by atoms with Gasteiger partial charge in [0.25, 0.3) is 5.91 Å². The van der Waals surface area contributed by atoms with Crippen LogP contribution in [0.15, 0.2) is 41.1 Å².